The molecule has 4 rings (SSSR count). The van der Waals surface area contributed by atoms with E-state index in [-0.39, 0.29) is 6.61 Å². The van der Waals surface area contributed by atoms with Gasteiger partial charge in [-0.15, -0.1) is 10.2 Å². The summed E-state index contributed by atoms with van der Waals surface area (Å²) >= 11 is 1.31. The van der Waals surface area contributed by atoms with E-state index in [0.717, 1.165) is 52.9 Å². The van der Waals surface area contributed by atoms with Crippen LogP contribution in [0.2, 0.25) is 0 Å². The smallest absolute Gasteiger partial charge is 0.339 e. The van der Waals surface area contributed by atoms with Gasteiger partial charge < -0.3 is 4.74 Å². The Morgan fingerprint density at radius 2 is 2.07 bits per heavy atom. The number of nitrogens with one attached hydrogen (secondary N) is 1. The lowest BCUT2D eigenvalue weighted by atomic mass is 10.0. The SMILES string of the molecule is CCc1nnc(NC(=O)COC(=O)c2c3c(nc4ccccc24)CCC3)s1. The summed E-state index contributed by atoms with van der Waals surface area (Å²) in [5.41, 5.74) is 3.20. The third kappa shape index (κ3) is 3.52. The number of pyridine rings is 1. The number of rotatable bonds is 5. The molecular weight excluding hydrogens is 364 g/mol. The molecule has 3 aromatic rings. The van der Waals surface area contributed by atoms with Gasteiger partial charge in [0.2, 0.25) is 5.13 Å². The summed E-state index contributed by atoms with van der Waals surface area (Å²) in [5, 5.41) is 12.4. The first-order valence-electron chi connectivity index (χ1n) is 8.85. The van der Waals surface area contributed by atoms with Crippen LogP contribution in [0.5, 0.6) is 0 Å². The Labute approximate surface area is 159 Å². The van der Waals surface area contributed by atoms with Crippen molar-refractivity contribution in [1.29, 1.82) is 0 Å². The Bertz CT molecular complexity index is 1030. The molecule has 1 aliphatic carbocycles. The van der Waals surface area contributed by atoms with E-state index in [9.17, 15) is 9.59 Å². The van der Waals surface area contributed by atoms with E-state index in [0.29, 0.717) is 10.7 Å². The van der Waals surface area contributed by atoms with E-state index in [4.69, 9.17) is 4.74 Å². The predicted molar refractivity (Wildman–Crippen MR) is 102 cm³/mol. The van der Waals surface area contributed by atoms with E-state index in [1.165, 1.54) is 11.3 Å². The third-order valence-corrected chi connectivity index (χ3v) is 5.46. The van der Waals surface area contributed by atoms with Crippen LogP contribution in [-0.4, -0.2) is 33.7 Å². The highest BCUT2D eigenvalue weighted by Gasteiger charge is 2.25. The van der Waals surface area contributed by atoms with E-state index in [1.807, 2.05) is 31.2 Å². The number of aromatic nitrogens is 3. The van der Waals surface area contributed by atoms with E-state index in [2.05, 4.69) is 20.5 Å². The van der Waals surface area contributed by atoms with Gasteiger partial charge in [-0.05, 0) is 37.3 Å². The van der Waals surface area contributed by atoms with Crippen LogP contribution in [0, 0.1) is 0 Å². The lowest BCUT2D eigenvalue weighted by Gasteiger charge is -2.11. The van der Waals surface area contributed by atoms with Crippen LogP contribution < -0.4 is 5.32 Å². The quantitative estimate of drug-likeness (QED) is 0.682. The molecule has 0 radical (unpaired) electrons. The number of carbonyl (C=O) groups is 2. The first-order valence-corrected chi connectivity index (χ1v) is 9.67. The fraction of sp³-hybridized carbons (Fsp3) is 0.316. The van der Waals surface area contributed by atoms with Crippen molar-refractivity contribution >= 4 is 39.2 Å². The number of aryl methyl sites for hydroxylation is 2. The second-order valence-electron chi connectivity index (χ2n) is 6.26. The highest BCUT2D eigenvalue weighted by molar-refractivity contribution is 7.15. The minimum Gasteiger partial charge on any atom is -0.452 e. The average molecular weight is 382 g/mol. The molecule has 1 amide bonds. The molecule has 138 valence electrons. The number of esters is 1. The molecule has 0 fully saturated rings. The molecule has 0 spiro atoms. The zero-order valence-electron chi connectivity index (χ0n) is 14.8. The van der Waals surface area contributed by atoms with Crippen molar-refractivity contribution in [3.05, 3.63) is 46.1 Å². The van der Waals surface area contributed by atoms with Crippen molar-refractivity contribution in [2.75, 3.05) is 11.9 Å². The van der Waals surface area contributed by atoms with Crippen molar-refractivity contribution in [1.82, 2.24) is 15.2 Å². The Morgan fingerprint density at radius 1 is 1.22 bits per heavy atom. The fourth-order valence-corrected chi connectivity index (χ4v) is 3.95. The second-order valence-corrected chi connectivity index (χ2v) is 7.32. The summed E-state index contributed by atoms with van der Waals surface area (Å²) < 4.78 is 5.31. The maximum absolute atomic E-state index is 12.8. The molecule has 0 unspecified atom stereocenters. The van der Waals surface area contributed by atoms with Gasteiger partial charge >= 0.3 is 5.97 Å². The molecule has 0 saturated heterocycles. The number of hydrogen-bond donors (Lipinski definition) is 1. The molecule has 7 nitrogen and oxygen atoms in total. The summed E-state index contributed by atoms with van der Waals surface area (Å²) in [6, 6.07) is 7.52. The van der Waals surface area contributed by atoms with Gasteiger partial charge in [0.15, 0.2) is 6.61 Å². The molecule has 2 heterocycles. The normalized spacial score (nSPS) is 12.8. The van der Waals surface area contributed by atoms with Crippen molar-refractivity contribution in [3.63, 3.8) is 0 Å². The number of fused-ring (bicyclic) bond motifs is 2. The second kappa shape index (κ2) is 7.40. The van der Waals surface area contributed by atoms with E-state index in [1.54, 1.807) is 0 Å². The summed E-state index contributed by atoms with van der Waals surface area (Å²) in [5.74, 6) is -0.925. The maximum Gasteiger partial charge on any atom is 0.339 e. The summed E-state index contributed by atoms with van der Waals surface area (Å²) in [4.78, 5) is 29.5. The van der Waals surface area contributed by atoms with Crippen molar-refractivity contribution < 1.29 is 14.3 Å². The van der Waals surface area contributed by atoms with Crippen LogP contribution >= 0.6 is 11.3 Å². The standard InChI is InChI=1S/C19H18N4O3S/c1-2-16-22-23-19(27-16)21-15(24)10-26-18(25)17-11-6-3-4-8-13(11)20-14-9-5-7-12(14)17/h3-4,6,8H,2,5,7,9-10H2,1H3,(H,21,23,24). The predicted octanol–water partition coefficient (Wildman–Crippen LogP) is 2.93. The van der Waals surface area contributed by atoms with Gasteiger partial charge in [-0.3, -0.25) is 15.1 Å². The van der Waals surface area contributed by atoms with Crippen molar-refractivity contribution in [2.45, 2.75) is 32.6 Å². The summed E-state index contributed by atoms with van der Waals surface area (Å²) in [6.45, 7) is 1.59. The van der Waals surface area contributed by atoms with Gasteiger partial charge in [-0.2, -0.15) is 0 Å². The number of nitrogens with zero attached hydrogens (tertiary/aromatic N) is 3. The van der Waals surface area contributed by atoms with Crippen molar-refractivity contribution in [3.8, 4) is 0 Å². The molecule has 1 N–H and O–H groups in total. The Kier molecular flexibility index (Phi) is 4.81. The average Bonchev–Trinajstić information content (AvgIpc) is 3.33. The molecule has 8 heteroatoms. The number of amides is 1. The summed E-state index contributed by atoms with van der Waals surface area (Å²) in [7, 11) is 0. The third-order valence-electron chi connectivity index (χ3n) is 4.47. The number of anilines is 1. The molecule has 2 aromatic heterocycles. The van der Waals surface area contributed by atoms with Gasteiger partial charge in [0.05, 0.1) is 11.1 Å². The molecule has 27 heavy (non-hydrogen) atoms. The lowest BCUT2D eigenvalue weighted by molar-refractivity contribution is -0.119. The van der Waals surface area contributed by atoms with Crippen LogP contribution in [-0.2, 0) is 28.8 Å². The van der Waals surface area contributed by atoms with Gasteiger partial charge in [-0.1, -0.05) is 36.5 Å². The highest BCUT2D eigenvalue weighted by atomic mass is 32.1. The first-order chi connectivity index (χ1) is 13.2. The minimum atomic E-state index is -0.492. The maximum atomic E-state index is 12.8. The Hall–Kier alpha value is -2.87. The van der Waals surface area contributed by atoms with Gasteiger partial charge in [0.1, 0.15) is 5.01 Å². The van der Waals surface area contributed by atoms with Gasteiger partial charge in [0, 0.05) is 11.1 Å². The van der Waals surface area contributed by atoms with Crippen LogP contribution in [0.3, 0.4) is 0 Å². The molecule has 0 atom stereocenters. The van der Waals surface area contributed by atoms with Crippen molar-refractivity contribution in [2.24, 2.45) is 0 Å². The molecular formula is C19H18N4O3S. The number of hydrogen-bond acceptors (Lipinski definition) is 7. The van der Waals surface area contributed by atoms with Crippen LogP contribution in [0.25, 0.3) is 10.9 Å². The summed E-state index contributed by atoms with van der Waals surface area (Å²) in [6.07, 6.45) is 3.38. The number of benzene rings is 1. The van der Waals surface area contributed by atoms with Gasteiger partial charge in [0.25, 0.3) is 5.91 Å². The topological polar surface area (TPSA) is 94.1 Å². The fourth-order valence-electron chi connectivity index (χ4n) is 3.25. The van der Waals surface area contributed by atoms with Crippen LogP contribution in [0.15, 0.2) is 24.3 Å². The lowest BCUT2D eigenvalue weighted by Crippen LogP contribution is -2.21. The Morgan fingerprint density at radius 3 is 2.89 bits per heavy atom. The van der Waals surface area contributed by atoms with Crippen LogP contribution in [0.1, 0.15) is 40.0 Å². The number of ether oxygens (including phenoxy) is 1. The number of para-hydroxylation sites is 1. The molecule has 0 aliphatic heterocycles. The largest absolute Gasteiger partial charge is 0.452 e. The molecule has 1 aromatic carbocycles. The van der Waals surface area contributed by atoms with E-state index < -0.39 is 11.9 Å². The number of carbonyl (C=O) groups excluding carboxylic acids is 2. The Balaban J connectivity index is 1.51. The highest BCUT2D eigenvalue weighted by Crippen LogP contribution is 2.30. The zero-order chi connectivity index (χ0) is 18.8. The molecule has 0 bridgehead atoms. The monoisotopic (exact) mass is 382 g/mol. The zero-order valence-corrected chi connectivity index (χ0v) is 15.6. The minimum absolute atomic E-state index is 0.370. The molecule has 1 aliphatic rings. The first kappa shape index (κ1) is 17.5. The van der Waals surface area contributed by atoms with Crippen LogP contribution in [0.4, 0.5) is 5.13 Å². The van der Waals surface area contributed by atoms with Gasteiger partial charge in [-0.25, -0.2) is 4.79 Å². The molecule has 0 saturated carbocycles. The van der Waals surface area contributed by atoms with E-state index >= 15 is 0 Å².